The van der Waals surface area contributed by atoms with Crippen LogP contribution in [0.25, 0.3) is 0 Å². The number of hydrogen-bond donors (Lipinski definition) is 2. The molecule has 0 aliphatic rings. The summed E-state index contributed by atoms with van der Waals surface area (Å²) < 4.78 is 0. The molecule has 0 bridgehead atoms. The molecule has 2 rings (SSSR count). The Morgan fingerprint density at radius 3 is 1.96 bits per heavy atom. The maximum Gasteiger partial charge on any atom is 0.119 e. The fourth-order valence-corrected chi connectivity index (χ4v) is 3.56. The van der Waals surface area contributed by atoms with Gasteiger partial charge in [-0.25, -0.2) is 0 Å². The molecular weight excluding hydrogens is 346 g/mol. The zero-order valence-corrected chi connectivity index (χ0v) is 18.5. The molecule has 0 fully saturated rings. The molecule has 156 valence electrons. The van der Waals surface area contributed by atoms with Gasteiger partial charge in [0.25, 0.3) is 0 Å². The van der Waals surface area contributed by atoms with Gasteiger partial charge in [-0.3, -0.25) is 4.90 Å². The summed E-state index contributed by atoms with van der Waals surface area (Å²) in [5.41, 5.74) is 2.92. The highest BCUT2D eigenvalue weighted by Crippen LogP contribution is 2.35. The van der Waals surface area contributed by atoms with Crippen molar-refractivity contribution in [2.75, 3.05) is 6.54 Å². The lowest BCUT2D eigenvalue weighted by Gasteiger charge is -2.32. The van der Waals surface area contributed by atoms with Crippen LogP contribution in [-0.2, 0) is 6.61 Å². The van der Waals surface area contributed by atoms with E-state index >= 15 is 0 Å². The van der Waals surface area contributed by atoms with Gasteiger partial charge in [0.2, 0.25) is 0 Å². The Morgan fingerprint density at radius 1 is 0.893 bits per heavy atom. The van der Waals surface area contributed by atoms with Crippen molar-refractivity contribution in [2.45, 2.75) is 79.0 Å². The minimum absolute atomic E-state index is 0.0150. The molecule has 2 aromatic carbocycles. The Bertz CT molecular complexity index is 660. The minimum atomic E-state index is -0.0150. The third-order valence-corrected chi connectivity index (χ3v) is 4.85. The summed E-state index contributed by atoms with van der Waals surface area (Å²) in [4.78, 5) is 2.48. The molecule has 0 saturated carbocycles. The molecule has 0 heterocycles. The van der Waals surface area contributed by atoms with Crippen molar-refractivity contribution in [3.63, 3.8) is 0 Å². The Kier molecular flexibility index (Phi) is 10.9. The molecule has 28 heavy (non-hydrogen) atoms. The summed E-state index contributed by atoms with van der Waals surface area (Å²) in [5, 5.41) is 19.9. The Hall–Kier alpha value is -1.84. The van der Waals surface area contributed by atoms with Crippen molar-refractivity contribution in [3.05, 3.63) is 65.2 Å². The third kappa shape index (κ3) is 7.29. The maximum absolute atomic E-state index is 10.5. The van der Waals surface area contributed by atoms with Gasteiger partial charge in [-0.2, -0.15) is 0 Å². The van der Waals surface area contributed by atoms with Gasteiger partial charge in [0.1, 0.15) is 5.75 Å². The van der Waals surface area contributed by atoms with E-state index in [2.05, 4.69) is 58.6 Å². The van der Waals surface area contributed by atoms with E-state index < -0.39 is 0 Å². The Labute approximate surface area is 172 Å². The highest BCUT2D eigenvalue weighted by atomic mass is 16.3. The lowest BCUT2D eigenvalue weighted by Crippen LogP contribution is -2.38. The molecule has 2 N–H and O–H groups in total. The largest absolute Gasteiger partial charge is 0.508 e. The zero-order valence-electron chi connectivity index (χ0n) is 18.5. The molecule has 0 saturated heterocycles. The topological polar surface area (TPSA) is 43.7 Å². The second-order valence-corrected chi connectivity index (χ2v) is 7.94. The number of benzene rings is 2. The van der Waals surface area contributed by atoms with Crippen LogP contribution >= 0.6 is 0 Å². The zero-order chi connectivity index (χ0) is 21.1. The molecule has 0 aromatic heterocycles. The number of phenols is 1. The number of nitrogens with zero attached hydrogens (tertiary/aromatic N) is 1. The first-order chi connectivity index (χ1) is 13.3. The third-order valence-electron chi connectivity index (χ3n) is 4.85. The molecule has 0 amide bonds. The first-order valence-electron chi connectivity index (χ1n) is 10.6. The van der Waals surface area contributed by atoms with E-state index in [0.29, 0.717) is 17.8 Å². The van der Waals surface area contributed by atoms with Crippen LogP contribution in [0.3, 0.4) is 0 Å². The van der Waals surface area contributed by atoms with Crippen molar-refractivity contribution in [1.82, 2.24) is 4.90 Å². The normalized spacial score (nSPS) is 12.2. The fraction of sp³-hybridized carbons (Fsp3) is 0.520. The molecule has 0 spiro atoms. The quantitative estimate of drug-likeness (QED) is 0.591. The van der Waals surface area contributed by atoms with E-state index in [1.165, 1.54) is 12.0 Å². The predicted molar refractivity (Wildman–Crippen MR) is 120 cm³/mol. The molecular formula is C25H39NO2. The molecule has 2 aromatic rings. The van der Waals surface area contributed by atoms with Crippen LogP contribution in [0.5, 0.6) is 5.75 Å². The van der Waals surface area contributed by atoms with Crippen LogP contribution in [0.4, 0.5) is 0 Å². The smallest absolute Gasteiger partial charge is 0.119 e. The Morgan fingerprint density at radius 2 is 1.46 bits per heavy atom. The van der Waals surface area contributed by atoms with Gasteiger partial charge >= 0.3 is 0 Å². The lowest BCUT2D eigenvalue weighted by atomic mass is 9.86. The number of rotatable bonds is 8. The second-order valence-electron chi connectivity index (χ2n) is 7.94. The van der Waals surface area contributed by atoms with E-state index in [0.717, 1.165) is 24.1 Å². The van der Waals surface area contributed by atoms with Crippen LogP contribution in [0, 0.1) is 0 Å². The lowest BCUT2D eigenvalue weighted by molar-refractivity contribution is 0.170. The van der Waals surface area contributed by atoms with E-state index in [1.54, 1.807) is 12.1 Å². The molecule has 1 unspecified atom stereocenters. The first kappa shape index (κ1) is 24.2. The maximum atomic E-state index is 10.5. The number of aliphatic hydroxyl groups is 1. The predicted octanol–water partition coefficient (Wildman–Crippen LogP) is 5.94. The van der Waals surface area contributed by atoms with Gasteiger partial charge in [-0.15, -0.1) is 0 Å². The number of aliphatic hydroxyl groups excluding tert-OH is 1. The first-order valence-corrected chi connectivity index (χ1v) is 10.6. The van der Waals surface area contributed by atoms with Crippen molar-refractivity contribution in [1.29, 1.82) is 0 Å². The monoisotopic (exact) mass is 385 g/mol. The molecule has 1 atom stereocenters. The second kappa shape index (κ2) is 12.6. The molecule has 0 aliphatic heterocycles. The number of hydrogen-bond acceptors (Lipinski definition) is 3. The van der Waals surface area contributed by atoms with Crippen LogP contribution in [0.15, 0.2) is 48.5 Å². The minimum Gasteiger partial charge on any atom is -0.508 e. The van der Waals surface area contributed by atoms with E-state index in [1.807, 2.05) is 24.3 Å². The SMILES string of the molecule is CC(C)N(CCC(c1ccccc1)c1cc(CO)ccc1O)C(C)C.CCC. The number of aromatic hydroxyl groups is 1. The highest BCUT2D eigenvalue weighted by molar-refractivity contribution is 5.43. The van der Waals surface area contributed by atoms with Gasteiger partial charge in [0.05, 0.1) is 6.61 Å². The summed E-state index contributed by atoms with van der Waals surface area (Å²) in [6.45, 7) is 14.1. The van der Waals surface area contributed by atoms with Crippen LogP contribution < -0.4 is 0 Å². The van der Waals surface area contributed by atoms with E-state index in [4.69, 9.17) is 0 Å². The van der Waals surface area contributed by atoms with Crippen LogP contribution in [-0.4, -0.2) is 33.7 Å². The van der Waals surface area contributed by atoms with Crippen molar-refractivity contribution < 1.29 is 10.2 Å². The van der Waals surface area contributed by atoms with Crippen molar-refractivity contribution in [3.8, 4) is 5.75 Å². The van der Waals surface area contributed by atoms with Crippen LogP contribution in [0.2, 0.25) is 0 Å². The van der Waals surface area contributed by atoms with Gasteiger partial charge < -0.3 is 10.2 Å². The standard InChI is InChI=1S/C22H31NO2.C3H8/c1-16(2)23(17(3)4)13-12-20(19-8-6-5-7-9-19)21-14-18(15-24)10-11-22(21)25;1-3-2/h5-11,14,16-17,20,24-25H,12-13,15H2,1-4H3;3H2,1-2H3. The highest BCUT2D eigenvalue weighted by Gasteiger charge is 2.21. The van der Waals surface area contributed by atoms with Crippen molar-refractivity contribution in [2.24, 2.45) is 0 Å². The van der Waals surface area contributed by atoms with Crippen molar-refractivity contribution >= 4 is 0 Å². The summed E-state index contributed by atoms with van der Waals surface area (Å²) in [7, 11) is 0. The summed E-state index contributed by atoms with van der Waals surface area (Å²) in [6.07, 6.45) is 2.17. The number of phenolic OH excluding ortho intramolecular Hbond substituents is 1. The van der Waals surface area contributed by atoms with E-state index in [9.17, 15) is 10.2 Å². The summed E-state index contributed by atoms with van der Waals surface area (Å²) in [5.74, 6) is 0.402. The van der Waals surface area contributed by atoms with E-state index in [-0.39, 0.29) is 12.5 Å². The molecule has 0 aliphatic carbocycles. The summed E-state index contributed by atoms with van der Waals surface area (Å²) in [6, 6.07) is 16.7. The van der Waals surface area contributed by atoms with Gasteiger partial charge in [-0.1, -0.05) is 56.7 Å². The van der Waals surface area contributed by atoms with Gasteiger partial charge in [0.15, 0.2) is 0 Å². The average Bonchev–Trinajstić information content (AvgIpc) is 2.67. The summed E-state index contributed by atoms with van der Waals surface area (Å²) >= 11 is 0. The molecule has 3 heteroatoms. The van der Waals surface area contributed by atoms with Gasteiger partial charge in [-0.05, 0) is 63.9 Å². The van der Waals surface area contributed by atoms with Gasteiger partial charge in [0, 0.05) is 23.6 Å². The fourth-order valence-electron chi connectivity index (χ4n) is 3.56. The molecule has 0 radical (unpaired) electrons. The van der Waals surface area contributed by atoms with Crippen LogP contribution in [0.1, 0.15) is 77.0 Å². The Balaban J connectivity index is 0.00000122. The molecule has 3 nitrogen and oxygen atoms in total. The average molecular weight is 386 g/mol.